The summed E-state index contributed by atoms with van der Waals surface area (Å²) in [5, 5.41) is 0. The SMILES string of the molecule is CCC[C@@H](N)Cc1ccc(OC)cc1. The molecule has 2 nitrogen and oxygen atoms in total. The summed E-state index contributed by atoms with van der Waals surface area (Å²) in [6.45, 7) is 2.16. The van der Waals surface area contributed by atoms with E-state index in [1.54, 1.807) is 7.11 Å². The van der Waals surface area contributed by atoms with Gasteiger partial charge in [-0.05, 0) is 30.5 Å². The maximum Gasteiger partial charge on any atom is 0.118 e. The molecule has 0 aliphatic heterocycles. The van der Waals surface area contributed by atoms with Gasteiger partial charge in [-0.15, -0.1) is 0 Å². The minimum Gasteiger partial charge on any atom is -0.497 e. The van der Waals surface area contributed by atoms with Crippen LogP contribution >= 0.6 is 0 Å². The van der Waals surface area contributed by atoms with Crippen LogP contribution in [0.1, 0.15) is 25.3 Å². The Morgan fingerprint density at radius 2 is 1.93 bits per heavy atom. The first-order valence-electron chi connectivity index (χ1n) is 5.14. The van der Waals surface area contributed by atoms with Crippen LogP contribution in [0.2, 0.25) is 0 Å². The summed E-state index contributed by atoms with van der Waals surface area (Å²) >= 11 is 0. The Morgan fingerprint density at radius 3 is 2.43 bits per heavy atom. The van der Waals surface area contributed by atoms with Crippen LogP contribution in [0.25, 0.3) is 0 Å². The quantitative estimate of drug-likeness (QED) is 0.779. The van der Waals surface area contributed by atoms with Crippen molar-refractivity contribution in [3.63, 3.8) is 0 Å². The van der Waals surface area contributed by atoms with E-state index < -0.39 is 0 Å². The van der Waals surface area contributed by atoms with E-state index in [2.05, 4.69) is 19.1 Å². The van der Waals surface area contributed by atoms with Crippen LogP contribution in [0.4, 0.5) is 0 Å². The van der Waals surface area contributed by atoms with Crippen molar-refractivity contribution in [3.8, 4) is 5.75 Å². The fraction of sp³-hybridized carbons (Fsp3) is 0.500. The molecule has 2 heteroatoms. The van der Waals surface area contributed by atoms with Gasteiger partial charge in [0, 0.05) is 6.04 Å². The molecule has 14 heavy (non-hydrogen) atoms. The largest absolute Gasteiger partial charge is 0.497 e. The Hall–Kier alpha value is -1.02. The Bertz CT molecular complexity index is 256. The van der Waals surface area contributed by atoms with Crippen molar-refractivity contribution >= 4 is 0 Å². The van der Waals surface area contributed by atoms with Crippen molar-refractivity contribution < 1.29 is 4.74 Å². The molecule has 0 aromatic heterocycles. The molecule has 0 unspecified atom stereocenters. The average Bonchev–Trinajstić information content (AvgIpc) is 2.19. The first-order chi connectivity index (χ1) is 6.76. The fourth-order valence-corrected chi connectivity index (χ4v) is 1.54. The second-order valence-corrected chi connectivity index (χ2v) is 3.60. The molecule has 1 atom stereocenters. The summed E-state index contributed by atoms with van der Waals surface area (Å²) in [6, 6.07) is 8.40. The second-order valence-electron chi connectivity index (χ2n) is 3.60. The molecule has 0 fully saturated rings. The van der Waals surface area contributed by atoms with E-state index in [4.69, 9.17) is 10.5 Å². The van der Waals surface area contributed by atoms with Crippen LogP contribution in [0.3, 0.4) is 0 Å². The summed E-state index contributed by atoms with van der Waals surface area (Å²) in [4.78, 5) is 0. The van der Waals surface area contributed by atoms with Crippen LogP contribution in [0, 0.1) is 0 Å². The number of nitrogens with two attached hydrogens (primary N) is 1. The lowest BCUT2D eigenvalue weighted by Crippen LogP contribution is -2.22. The van der Waals surface area contributed by atoms with E-state index in [0.717, 1.165) is 25.0 Å². The zero-order valence-corrected chi connectivity index (χ0v) is 8.99. The third kappa shape index (κ3) is 3.38. The number of hydrogen-bond donors (Lipinski definition) is 1. The van der Waals surface area contributed by atoms with Crippen LogP contribution in [-0.2, 0) is 6.42 Å². The second kappa shape index (κ2) is 5.66. The van der Waals surface area contributed by atoms with Crippen LogP contribution in [0.5, 0.6) is 5.75 Å². The third-order valence-electron chi connectivity index (χ3n) is 2.32. The Kier molecular flexibility index (Phi) is 4.47. The van der Waals surface area contributed by atoms with Gasteiger partial charge in [0.1, 0.15) is 5.75 Å². The maximum atomic E-state index is 5.96. The molecule has 2 N–H and O–H groups in total. The number of rotatable bonds is 5. The summed E-state index contributed by atoms with van der Waals surface area (Å²) in [5.41, 5.74) is 7.24. The van der Waals surface area contributed by atoms with Gasteiger partial charge in [0.15, 0.2) is 0 Å². The molecule has 0 amide bonds. The molecule has 0 aliphatic carbocycles. The van der Waals surface area contributed by atoms with Crippen molar-refractivity contribution in [2.75, 3.05) is 7.11 Å². The highest BCUT2D eigenvalue weighted by Crippen LogP contribution is 2.13. The summed E-state index contributed by atoms with van der Waals surface area (Å²) in [5.74, 6) is 0.901. The number of ether oxygens (including phenoxy) is 1. The minimum atomic E-state index is 0.286. The molecule has 1 aromatic carbocycles. The van der Waals surface area contributed by atoms with Crippen LogP contribution < -0.4 is 10.5 Å². The topological polar surface area (TPSA) is 35.2 Å². The summed E-state index contributed by atoms with van der Waals surface area (Å²) in [7, 11) is 1.68. The Morgan fingerprint density at radius 1 is 1.29 bits per heavy atom. The van der Waals surface area contributed by atoms with Crippen molar-refractivity contribution in [2.45, 2.75) is 32.2 Å². The van der Waals surface area contributed by atoms with Crippen molar-refractivity contribution in [1.29, 1.82) is 0 Å². The highest BCUT2D eigenvalue weighted by atomic mass is 16.5. The van der Waals surface area contributed by atoms with E-state index in [-0.39, 0.29) is 6.04 Å². The molecule has 78 valence electrons. The van der Waals surface area contributed by atoms with Crippen molar-refractivity contribution in [1.82, 2.24) is 0 Å². The molecule has 1 aromatic rings. The van der Waals surface area contributed by atoms with Gasteiger partial charge in [0.05, 0.1) is 7.11 Å². The van der Waals surface area contributed by atoms with Gasteiger partial charge in [0.2, 0.25) is 0 Å². The molecule has 0 aliphatic rings. The molecule has 0 saturated heterocycles. The zero-order valence-electron chi connectivity index (χ0n) is 8.99. The van der Waals surface area contributed by atoms with Gasteiger partial charge >= 0.3 is 0 Å². The molecular formula is C12H19NO. The van der Waals surface area contributed by atoms with Gasteiger partial charge in [-0.25, -0.2) is 0 Å². The monoisotopic (exact) mass is 193 g/mol. The normalized spacial score (nSPS) is 12.5. The van der Waals surface area contributed by atoms with E-state index in [9.17, 15) is 0 Å². The molecule has 1 rings (SSSR count). The van der Waals surface area contributed by atoms with Gasteiger partial charge < -0.3 is 10.5 Å². The van der Waals surface area contributed by atoms with Gasteiger partial charge in [-0.1, -0.05) is 25.5 Å². The zero-order chi connectivity index (χ0) is 10.4. The predicted octanol–water partition coefficient (Wildman–Crippen LogP) is 2.37. The van der Waals surface area contributed by atoms with Crippen molar-refractivity contribution in [3.05, 3.63) is 29.8 Å². The number of hydrogen-bond acceptors (Lipinski definition) is 2. The summed E-state index contributed by atoms with van der Waals surface area (Å²) < 4.78 is 5.09. The molecule has 0 spiro atoms. The molecule has 0 saturated carbocycles. The third-order valence-corrected chi connectivity index (χ3v) is 2.32. The molecular weight excluding hydrogens is 174 g/mol. The van der Waals surface area contributed by atoms with E-state index in [1.807, 2.05) is 12.1 Å². The number of benzene rings is 1. The van der Waals surface area contributed by atoms with E-state index in [1.165, 1.54) is 5.56 Å². The highest BCUT2D eigenvalue weighted by molar-refractivity contribution is 5.27. The first-order valence-corrected chi connectivity index (χ1v) is 5.14. The lowest BCUT2D eigenvalue weighted by atomic mass is 10.0. The maximum absolute atomic E-state index is 5.96. The molecule has 0 bridgehead atoms. The van der Waals surface area contributed by atoms with Gasteiger partial charge in [-0.2, -0.15) is 0 Å². The van der Waals surface area contributed by atoms with Gasteiger partial charge in [0.25, 0.3) is 0 Å². The molecule has 0 radical (unpaired) electrons. The predicted molar refractivity (Wildman–Crippen MR) is 59.6 cm³/mol. The standard InChI is InChI=1S/C12H19NO/c1-3-4-11(13)9-10-5-7-12(14-2)8-6-10/h5-8,11H,3-4,9,13H2,1-2H3/t11-/m1/s1. The van der Waals surface area contributed by atoms with E-state index in [0.29, 0.717) is 0 Å². The van der Waals surface area contributed by atoms with E-state index >= 15 is 0 Å². The number of methoxy groups -OCH3 is 1. The van der Waals surface area contributed by atoms with Crippen LogP contribution in [0.15, 0.2) is 24.3 Å². The van der Waals surface area contributed by atoms with Crippen molar-refractivity contribution in [2.24, 2.45) is 5.73 Å². The smallest absolute Gasteiger partial charge is 0.118 e. The first kappa shape index (κ1) is 11.1. The highest BCUT2D eigenvalue weighted by Gasteiger charge is 2.02. The average molecular weight is 193 g/mol. The fourth-order valence-electron chi connectivity index (χ4n) is 1.54. The van der Waals surface area contributed by atoms with Crippen LogP contribution in [-0.4, -0.2) is 13.2 Å². The van der Waals surface area contributed by atoms with Gasteiger partial charge in [-0.3, -0.25) is 0 Å². The lowest BCUT2D eigenvalue weighted by Gasteiger charge is -2.10. The lowest BCUT2D eigenvalue weighted by molar-refractivity contribution is 0.414. The Labute approximate surface area is 86.1 Å². The Balaban J connectivity index is 2.50. The summed E-state index contributed by atoms with van der Waals surface area (Å²) in [6.07, 6.45) is 3.20. The molecule has 0 heterocycles. The minimum absolute atomic E-state index is 0.286.